The zero-order valence-electron chi connectivity index (χ0n) is 17.1. The fourth-order valence-corrected chi connectivity index (χ4v) is 3.22. The molecular formula is C21H18N6O6. The summed E-state index contributed by atoms with van der Waals surface area (Å²) in [5.74, 6) is -1.49. The Hall–Kier alpha value is -4.74. The van der Waals surface area contributed by atoms with Gasteiger partial charge in [0, 0.05) is 30.7 Å². The lowest BCUT2D eigenvalue weighted by molar-refractivity contribution is -0.384. The molecule has 12 heteroatoms. The predicted octanol–water partition coefficient (Wildman–Crippen LogP) is 1.65. The standard InChI is InChI=1S/C21H18N6O6/c28-19(13-26-17-6-5-16(27(31)32)10-18(17)33-21(26)30)22-11-14-3-1-4-15(9-14)24-20(29)12-25-8-2-7-23-25/h1-10H,11-13H2,(H,22,28)(H,24,29). The van der Waals surface area contributed by atoms with E-state index in [4.69, 9.17) is 4.42 Å². The highest BCUT2D eigenvalue weighted by atomic mass is 16.6. The summed E-state index contributed by atoms with van der Waals surface area (Å²) in [6.45, 7) is -0.0772. The Kier molecular flexibility index (Phi) is 5.98. The Morgan fingerprint density at radius 3 is 2.70 bits per heavy atom. The van der Waals surface area contributed by atoms with Crippen LogP contribution >= 0.6 is 0 Å². The molecule has 0 atom stereocenters. The minimum absolute atomic E-state index is 0.0283. The van der Waals surface area contributed by atoms with Crippen LogP contribution in [0.5, 0.6) is 0 Å². The van der Waals surface area contributed by atoms with Crippen LogP contribution in [0.1, 0.15) is 5.56 Å². The van der Waals surface area contributed by atoms with Crippen molar-refractivity contribution in [3.05, 3.63) is 87.2 Å². The highest BCUT2D eigenvalue weighted by molar-refractivity contribution is 5.90. The van der Waals surface area contributed by atoms with Gasteiger partial charge in [0.1, 0.15) is 13.1 Å². The molecule has 0 aliphatic rings. The summed E-state index contributed by atoms with van der Waals surface area (Å²) in [5, 5.41) is 20.3. The van der Waals surface area contributed by atoms with Crippen LogP contribution in [-0.2, 0) is 29.2 Å². The monoisotopic (exact) mass is 450 g/mol. The second kappa shape index (κ2) is 9.18. The summed E-state index contributed by atoms with van der Waals surface area (Å²) in [6, 6.07) is 12.4. The normalized spacial score (nSPS) is 10.8. The Balaban J connectivity index is 1.37. The van der Waals surface area contributed by atoms with Crippen LogP contribution in [0, 0.1) is 10.1 Å². The van der Waals surface area contributed by atoms with Crippen molar-refractivity contribution in [3.63, 3.8) is 0 Å². The zero-order valence-corrected chi connectivity index (χ0v) is 17.1. The highest BCUT2D eigenvalue weighted by Gasteiger charge is 2.16. The van der Waals surface area contributed by atoms with Crippen molar-refractivity contribution in [2.45, 2.75) is 19.6 Å². The van der Waals surface area contributed by atoms with Crippen LogP contribution in [0.25, 0.3) is 11.1 Å². The van der Waals surface area contributed by atoms with Crippen LogP contribution in [0.2, 0.25) is 0 Å². The van der Waals surface area contributed by atoms with E-state index in [1.165, 1.54) is 16.8 Å². The number of nitrogens with zero attached hydrogens (tertiary/aromatic N) is 4. The first-order chi connectivity index (χ1) is 15.9. The molecule has 2 aromatic heterocycles. The minimum Gasteiger partial charge on any atom is -0.407 e. The highest BCUT2D eigenvalue weighted by Crippen LogP contribution is 2.20. The maximum atomic E-state index is 12.4. The Bertz CT molecular complexity index is 1390. The topological polar surface area (TPSA) is 154 Å². The van der Waals surface area contributed by atoms with E-state index >= 15 is 0 Å². The van der Waals surface area contributed by atoms with Crippen molar-refractivity contribution in [3.8, 4) is 0 Å². The number of benzene rings is 2. The fraction of sp³-hybridized carbons (Fsp3) is 0.143. The molecule has 2 aromatic carbocycles. The predicted molar refractivity (Wildman–Crippen MR) is 116 cm³/mol. The van der Waals surface area contributed by atoms with E-state index in [0.29, 0.717) is 5.69 Å². The van der Waals surface area contributed by atoms with E-state index in [1.807, 2.05) is 0 Å². The van der Waals surface area contributed by atoms with Crippen LogP contribution in [-0.4, -0.2) is 31.1 Å². The van der Waals surface area contributed by atoms with Gasteiger partial charge in [-0.2, -0.15) is 5.10 Å². The van der Waals surface area contributed by atoms with Gasteiger partial charge < -0.3 is 15.1 Å². The molecule has 0 radical (unpaired) electrons. The lowest BCUT2D eigenvalue weighted by Crippen LogP contribution is -2.30. The third-order valence-corrected chi connectivity index (χ3v) is 4.73. The first-order valence-electron chi connectivity index (χ1n) is 9.80. The van der Waals surface area contributed by atoms with E-state index in [0.717, 1.165) is 16.2 Å². The molecule has 2 N–H and O–H groups in total. The fourth-order valence-electron chi connectivity index (χ4n) is 3.22. The Morgan fingerprint density at radius 1 is 1.09 bits per heavy atom. The number of carbonyl (C=O) groups is 2. The van der Waals surface area contributed by atoms with Crippen molar-refractivity contribution in [2.24, 2.45) is 0 Å². The van der Waals surface area contributed by atoms with E-state index < -0.39 is 16.6 Å². The number of hydrogen-bond acceptors (Lipinski definition) is 7. The number of amides is 2. The van der Waals surface area contributed by atoms with Gasteiger partial charge in [0.2, 0.25) is 11.8 Å². The summed E-state index contributed by atoms with van der Waals surface area (Å²) in [6.07, 6.45) is 3.27. The van der Waals surface area contributed by atoms with Crippen molar-refractivity contribution in [1.29, 1.82) is 0 Å². The van der Waals surface area contributed by atoms with Crippen molar-refractivity contribution in [2.75, 3.05) is 5.32 Å². The third kappa shape index (κ3) is 5.12. The van der Waals surface area contributed by atoms with Crippen LogP contribution in [0.15, 0.2) is 70.1 Å². The van der Waals surface area contributed by atoms with Gasteiger partial charge in [-0.25, -0.2) is 4.79 Å². The molecule has 0 unspecified atom stereocenters. The maximum absolute atomic E-state index is 12.4. The molecule has 2 heterocycles. The number of anilines is 1. The largest absolute Gasteiger partial charge is 0.420 e. The molecule has 4 rings (SSSR count). The van der Waals surface area contributed by atoms with Crippen molar-refractivity contribution < 1.29 is 18.9 Å². The average Bonchev–Trinajstić information content (AvgIpc) is 3.39. The SMILES string of the molecule is O=C(Cn1c(=O)oc2cc([N+](=O)[O-])ccc21)NCc1cccc(NC(=O)Cn2cccn2)c1. The number of nitrogens with one attached hydrogen (secondary N) is 2. The maximum Gasteiger partial charge on any atom is 0.420 e. The first-order valence-corrected chi connectivity index (χ1v) is 9.80. The lowest BCUT2D eigenvalue weighted by Gasteiger charge is -2.09. The molecule has 0 aliphatic carbocycles. The van der Waals surface area contributed by atoms with Gasteiger partial charge in [-0.15, -0.1) is 0 Å². The van der Waals surface area contributed by atoms with Crippen LogP contribution in [0.4, 0.5) is 11.4 Å². The van der Waals surface area contributed by atoms with Gasteiger partial charge >= 0.3 is 5.76 Å². The van der Waals surface area contributed by atoms with E-state index in [9.17, 15) is 24.5 Å². The number of aromatic nitrogens is 3. The molecule has 0 saturated heterocycles. The molecule has 0 spiro atoms. The molecule has 2 amide bonds. The summed E-state index contributed by atoms with van der Waals surface area (Å²) < 4.78 is 7.62. The molecule has 33 heavy (non-hydrogen) atoms. The van der Waals surface area contributed by atoms with Crippen molar-refractivity contribution >= 4 is 34.3 Å². The third-order valence-electron chi connectivity index (χ3n) is 4.73. The molecule has 0 bridgehead atoms. The summed E-state index contributed by atoms with van der Waals surface area (Å²) in [7, 11) is 0. The number of carbonyl (C=O) groups excluding carboxylic acids is 2. The summed E-state index contributed by atoms with van der Waals surface area (Å²) in [4.78, 5) is 46.9. The Labute approximate surface area is 185 Å². The number of fused-ring (bicyclic) bond motifs is 1. The van der Waals surface area contributed by atoms with Gasteiger partial charge in [-0.1, -0.05) is 12.1 Å². The van der Waals surface area contributed by atoms with E-state index in [1.54, 1.807) is 42.7 Å². The zero-order chi connectivity index (χ0) is 23.4. The molecule has 0 aliphatic heterocycles. The number of oxazole rings is 1. The number of rotatable bonds is 8. The number of nitro groups is 1. The smallest absolute Gasteiger partial charge is 0.407 e. The quantitative estimate of drug-likeness (QED) is 0.305. The second-order valence-electron chi connectivity index (χ2n) is 7.09. The van der Waals surface area contributed by atoms with Crippen LogP contribution < -0.4 is 16.4 Å². The number of nitro benzene ring substituents is 1. The van der Waals surface area contributed by atoms with E-state index in [-0.39, 0.29) is 42.3 Å². The van der Waals surface area contributed by atoms with Crippen molar-refractivity contribution in [1.82, 2.24) is 19.7 Å². The van der Waals surface area contributed by atoms with Gasteiger partial charge in [0.05, 0.1) is 16.5 Å². The number of non-ortho nitro benzene ring substituents is 1. The summed E-state index contributed by atoms with van der Waals surface area (Å²) >= 11 is 0. The molecule has 0 saturated carbocycles. The average molecular weight is 450 g/mol. The van der Waals surface area contributed by atoms with Gasteiger partial charge in [0.15, 0.2) is 5.58 Å². The molecule has 12 nitrogen and oxygen atoms in total. The summed E-state index contributed by atoms with van der Waals surface area (Å²) in [5.41, 5.74) is 1.39. The second-order valence-corrected chi connectivity index (χ2v) is 7.09. The molecule has 168 valence electrons. The minimum atomic E-state index is -0.789. The van der Waals surface area contributed by atoms with Gasteiger partial charge in [0.25, 0.3) is 5.69 Å². The van der Waals surface area contributed by atoms with Gasteiger partial charge in [-0.3, -0.25) is 29.0 Å². The Morgan fingerprint density at radius 2 is 1.94 bits per heavy atom. The van der Waals surface area contributed by atoms with Gasteiger partial charge in [-0.05, 0) is 29.8 Å². The first kappa shape index (κ1) is 21.5. The lowest BCUT2D eigenvalue weighted by atomic mass is 10.2. The number of hydrogen-bond donors (Lipinski definition) is 2. The van der Waals surface area contributed by atoms with Crippen LogP contribution in [0.3, 0.4) is 0 Å². The molecular weight excluding hydrogens is 432 g/mol. The molecule has 0 fully saturated rings. The van der Waals surface area contributed by atoms with E-state index in [2.05, 4.69) is 15.7 Å². The molecule has 4 aromatic rings.